The van der Waals surface area contributed by atoms with E-state index in [0.29, 0.717) is 23.6 Å². The summed E-state index contributed by atoms with van der Waals surface area (Å²) in [5.74, 6) is 0. The molecular weight excluding hydrogens is 294 g/mol. The number of nitro benzene ring substituents is 1. The van der Waals surface area contributed by atoms with Crippen LogP contribution in [0.4, 0.5) is 11.4 Å². The zero-order valence-electron chi connectivity index (χ0n) is 13.3. The average molecular weight is 317 g/mol. The predicted molar refractivity (Wildman–Crippen MR) is 89.1 cm³/mol. The highest BCUT2D eigenvalue weighted by Crippen LogP contribution is 2.31. The van der Waals surface area contributed by atoms with E-state index < -0.39 is 4.92 Å². The smallest absolute Gasteiger partial charge is 0.293 e. The number of rotatable bonds is 4. The molecular formula is C17H23N3O3. The van der Waals surface area contributed by atoms with E-state index in [2.05, 4.69) is 9.80 Å². The minimum absolute atomic E-state index is 0.0284. The van der Waals surface area contributed by atoms with E-state index in [-0.39, 0.29) is 5.69 Å². The second-order valence-electron chi connectivity index (χ2n) is 6.44. The van der Waals surface area contributed by atoms with Gasteiger partial charge in [-0.2, -0.15) is 0 Å². The van der Waals surface area contributed by atoms with Gasteiger partial charge in [0.15, 0.2) is 0 Å². The third-order valence-electron chi connectivity index (χ3n) is 5.08. The molecule has 0 bridgehead atoms. The van der Waals surface area contributed by atoms with E-state index in [4.69, 9.17) is 0 Å². The Kier molecular flexibility index (Phi) is 4.91. The van der Waals surface area contributed by atoms with Crippen LogP contribution in [0, 0.1) is 10.1 Å². The minimum atomic E-state index is -0.393. The Morgan fingerprint density at radius 2 is 1.78 bits per heavy atom. The number of carbonyl (C=O) groups is 1. The Balaban J connectivity index is 1.69. The lowest BCUT2D eigenvalue weighted by Crippen LogP contribution is -2.51. The quantitative estimate of drug-likeness (QED) is 0.485. The molecule has 1 aromatic carbocycles. The summed E-state index contributed by atoms with van der Waals surface area (Å²) in [5.41, 5.74) is 1.01. The lowest BCUT2D eigenvalue weighted by Gasteiger charge is -2.41. The normalized spacial score (nSPS) is 20.4. The minimum Gasteiger partial charge on any atom is -0.363 e. The molecule has 124 valence electrons. The van der Waals surface area contributed by atoms with Gasteiger partial charge in [0.25, 0.3) is 5.69 Å². The summed E-state index contributed by atoms with van der Waals surface area (Å²) >= 11 is 0. The Morgan fingerprint density at radius 3 is 2.39 bits per heavy atom. The molecule has 2 fully saturated rings. The fourth-order valence-electron chi connectivity index (χ4n) is 3.80. The first-order chi connectivity index (χ1) is 11.2. The molecule has 2 aliphatic rings. The van der Waals surface area contributed by atoms with Crippen molar-refractivity contribution in [1.82, 2.24) is 4.90 Å². The molecule has 0 amide bonds. The molecule has 1 heterocycles. The second-order valence-corrected chi connectivity index (χ2v) is 6.44. The van der Waals surface area contributed by atoms with Crippen molar-refractivity contribution in [3.05, 3.63) is 33.9 Å². The summed E-state index contributed by atoms with van der Waals surface area (Å²) in [7, 11) is 0. The van der Waals surface area contributed by atoms with Crippen molar-refractivity contribution in [3.8, 4) is 0 Å². The fourth-order valence-corrected chi connectivity index (χ4v) is 3.80. The molecule has 0 radical (unpaired) electrons. The van der Waals surface area contributed by atoms with Gasteiger partial charge in [-0.15, -0.1) is 0 Å². The van der Waals surface area contributed by atoms with E-state index in [9.17, 15) is 14.9 Å². The van der Waals surface area contributed by atoms with Crippen molar-refractivity contribution < 1.29 is 9.72 Å². The van der Waals surface area contributed by atoms with Crippen molar-refractivity contribution in [2.45, 2.75) is 38.1 Å². The third-order valence-corrected chi connectivity index (χ3v) is 5.08. The van der Waals surface area contributed by atoms with Gasteiger partial charge in [0.2, 0.25) is 0 Å². The van der Waals surface area contributed by atoms with Crippen molar-refractivity contribution in [2.75, 3.05) is 31.1 Å². The molecule has 23 heavy (non-hydrogen) atoms. The molecule has 0 N–H and O–H groups in total. The highest BCUT2D eigenvalue weighted by molar-refractivity contribution is 5.79. The Morgan fingerprint density at radius 1 is 1.09 bits per heavy atom. The molecule has 6 nitrogen and oxygen atoms in total. The molecule has 1 aliphatic carbocycles. The van der Waals surface area contributed by atoms with Crippen molar-refractivity contribution in [2.24, 2.45) is 0 Å². The van der Waals surface area contributed by atoms with Gasteiger partial charge in [-0.25, -0.2) is 0 Å². The van der Waals surface area contributed by atoms with Gasteiger partial charge in [0, 0.05) is 43.9 Å². The summed E-state index contributed by atoms with van der Waals surface area (Å²) in [4.78, 5) is 26.4. The van der Waals surface area contributed by atoms with Crippen LogP contribution in [0.25, 0.3) is 0 Å². The number of nitro groups is 1. The van der Waals surface area contributed by atoms with Crippen LogP contribution >= 0.6 is 0 Å². The SMILES string of the molecule is O=Cc1ccc(N2CCN(C3CCCCC3)CC2)c([N+](=O)[O-])c1. The van der Waals surface area contributed by atoms with Crippen molar-refractivity contribution in [1.29, 1.82) is 0 Å². The van der Waals surface area contributed by atoms with Crippen LogP contribution in [-0.2, 0) is 0 Å². The molecule has 6 heteroatoms. The summed E-state index contributed by atoms with van der Waals surface area (Å²) in [6.45, 7) is 3.52. The maximum Gasteiger partial charge on any atom is 0.293 e. The standard InChI is InChI=1S/C17H23N3O3/c21-13-14-6-7-16(17(12-14)20(22)23)19-10-8-18(9-11-19)15-4-2-1-3-5-15/h6-7,12-13,15H,1-5,8-11H2. The second kappa shape index (κ2) is 7.08. The predicted octanol–water partition coefficient (Wildman–Crippen LogP) is 2.86. The number of hydrogen-bond donors (Lipinski definition) is 0. The molecule has 0 atom stereocenters. The molecule has 1 aliphatic heterocycles. The summed E-state index contributed by atoms with van der Waals surface area (Å²) in [6, 6.07) is 5.43. The molecule has 1 saturated carbocycles. The van der Waals surface area contributed by atoms with Crippen LogP contribution in [0.3, 0.4) is 0 Å². The summed E-state index contributed by atoms with van der Waals surface area (Å²) < 4.78 is 0. The molecule has 0 spiro atoms. The van der Waals surface area contributed by atoms with Crippen LogP contribution in [0.5, 0.6) is 0 Å². The van der Waals surface area contributed by atoms with E-state index in [1.165, 1.54) is 38.2 Å². The van der Waals surface area contributed by atoms with Gasteiger partial charge in [0.1, 0.15) is 12.0 Å². The van der Waals surface area contributed by atoms with Gasteiger partial charge in [-0.05, 0) is 25.0 Å². The zero-order chi connectivity index (χ0) is 16.2. The van der Waals surface area contributed by atoms with Crippen LogP contribution in [-0.4, -0.2) is 48.3 Å². The van der Waals surface area contributed by atoms with Gasteiger partial charge in [-0.1, -0.05) is 19.3 Å². The highest BCUT2D eigenvalue weighted by atomic mass is 16.6. The van der Waals surface area contributed by atoms with Crippen LogP contribution < -0.4 is 4.90 Å². The number of carbonyl (C=O) groups excluding carboxylic acids is 1. The first kappa shape index (κ1) is 15.9. The topological polar surface area (TPSA) is 66.7 Å². The Labute approximate surface area is 136 Å². The van der Waals surface area contributed by atoms with E-state index in [1.807, 2.05) is 0 Å². The first-order valence-electron chi connectivity index (χ1n) is 8.41. The zero-order valence-corrected chi connectivity index (χ0v) is 13.3. The first-order valence-corrected chi connectivity index (χ1v) is 8.41. The average Bonchev–Trinajstić information content (AvgIpc) is 2.62. The van der Waals surface area contributed by atoms with Gasteiger partial charge >= 0.3 is 0 Å². The lowest BCUT2D eigenvalue weighted by atomic mass is 9.94. The van der Waals surface area contributed by atoms with Crippen LogP contribution in [0.2, 0.25) is 0 Å². The number of aldehydes is 1. The number of nitrogens with zero attached hydrogens (tertiary/aromatic N) is 3. The van der Waals surface area contributed by atoms with E-state index >= 15 is 0 Å². The maximum absolute atomic E-state index is 11.3. The largest absolute Gasteiger partial charge is 0.363 e. The fraction of sp³-hybridized carbons (Fsp3) is 0.588. The van der Waals surface area contributed by atoms with Crippen LogP contribution in [0.15, 0.2) is 18.2 Å². The number of benzene rings is 1. The number of anilines is 1. The van der Waals surface area contributed by atoms with Gasteiger partial charge in [0.05, 0.1) is 4.92 Å². The Bertz CT molecular complexity index is 576. The molecule has 0 unspecified atom stereocenters. The van der Waals surface area contributed by atoms with E-state index in [0.717, 1.165) is 26.2 Å². The molecule has 1 aromatic rings. The summed E-state index contributed by atoms with van der Waals surface area (Å²) in [6.07, 6.45) is 7.22. The highest BCUT2D eigenvalue weighted by Gasteiger charge is 2.28. The Hall–Kier alpha value is -1.95. The molecule has 0 aromatic heterocycles. The van der Waals surface area contributed by atoms with Gasteiger partial charge in [-0.3, -0.25) is 19.8 Å². The van der Waals surface area contributed by atoms with Crippen molar-refractivity contribution in [3.63, 3.8) is 0 Å². The summed E-state index contributed by atoms with van der Waals surface area (Å²) in [5, 5.41) is 11.3. The third kappa shape index (κ3) is 3.52. The van der Waals surface area contributed by atoms with E-state index in [1.54, 1.807) is 12.1 Å². The number of hydrogen-bond acceptors (Lipinski definition) is 5. The lowest BCUT2D eigenvalue weighted by molar-refractivity contribution is -0.384. The molecule has 3 rings (SSSR count). The van der Waals surface area contributed by atoms with Crippen LogP contribution in [0.1, 0.15) is 42.5 Å². The maximum atomic E-state index is 11.3. The molecule has 1 saturated heterocycles. The van der Waals surface area contributed by atoms with Crippen molar-refractivity contribution >= 4 is 17.7 Å². The van der Waals surface area contributed by atoms with Gasteiger partial charge < -0.3 is 4.90 Å². The number of piperazine rings is 1. The monoisotopic (exact) mass is 317 g/mol.